The van der Waals surface area contributed by atoms with Crippen molar-refractivity contribution in [3.05, 3.63) is 65.0 Å². The van der Waals surface area contributed by atoms with Crippen LogP contribution in [0.2, 0.25) is 0 Å². The van der Waals surface area contributed by atoms with Crippen molar-refractivity contribution in [2.24, 2.45) is 0 Å². The highest BCUT2D eigenvalue weighted by Gasteiger charge is 2.42. The maximum absolute atomic E-state index is 14.7. The first-order valence-corrected chi connectivity index (χ1v) is 10.1. The Morgan fingerprint density at radius 3 is 2.19 bits per heavy atom. The van der Waals surface area contributed by atoms with Crippen molar-refractivity contribution in [3.8, 4) is 11.5 Å². The summed E-state index contributed by atoms with van der Waals surface area (Å²) in [5.41, 5.74) is 0.869. The molecule has 1 aliphatic rings. The number of hydrogen-bond donors (Lipinski definition) is 1. The van der Waals surface area contributed by atoms with Crippen molar-refractivity contribution in [2.75, 3.05) is 18.1 Å². The Kier molecular flexibility index (Phi) is 5.52. The monoisotopic (exact) mass is 437 g/mol. The minimum Gasteiger partial charge on any atom is -0.493 e. The second-order valence-corrected chi connectivity index (χ2v) is 7.14. The Labute approximate surface area is 183 Å². The molecule has 0 aliphatic carbocycles. The van der Waals surface area contributed by atoms with Crippen molar-refractivity contribution in [2.45, 2.75) is 20.3 Å². The highest BCUT2D eigenvalue weighted by Crippen LogP contribution is 2.43. The van der Waals surface area contributed by atoms with E-state index in [1.54, 1.807) is 26.0 Å². The zero-order chi connectivity index (χ0) is 23.0. The van der Waals surface area contributed by atoms with E-state index in [0.717, 1.165) is 4.90 Å². The van der Waals surface area contributed by atoms with E-state index in [1.807, 2.05) is 0 Å². The number of rotatable bonds is 7. The number of halogens is 1. The van der Waals surface area contributed by atoms with Crippen LogP contribution in [0.15, 0.2) is 42.5 Å². The lowest BCUT2D eigenvalue weighted by Gasteiger charge is -2.14. The molecule has 0 fully saturated rings. The van der Waals surface area contributed by atoms with Gasteiger partial charge in [0.05, 0.1) is 36.4 Å². The minimum absolute atomic E-state index is 0.0218. The Morgan fingerprint density at radius 1 is 0.938 bits per heavy atom. The first-order chi connectivity index (χ1) is 15.4. The zero-order valence-corrected chi connectivity index (χ0v) is 17.5. The summed E-state index contributed by atoms with van der Waals surface area (Å²) in [4.78, 5) is 38.8. The topological polar surface area (TPSA) is 93.1 Å². The summed E-state index contributed by atoms with van der Waals surface area (Å²) in [6, 6.07) is 10.2. The molecule has 0 aromatic heterocycles. The van der Waals surface area contributed by atoms with Crippen LogP contribution in [-0.4, -0.2) is 36.1 Å². The normalized spacial score (nSPS) is 12.9. The SMILES string of the molecule is CCOc1cc2c(F)ccc(OCC)c2c2c1C(=O)N(c1ccc(CC(=O)O)cc1)C2=O. The van der Waals surface area contributed by atoms with E-state index >= 15 is 0 Å². The number of ether oxygens (including phenoxy) is 2. The molecule has 1 aliphatic heterocycles. The smallest absolute Gasteiger partial charge is 0.307 e. The average Bonchev–Trinajstić information content (AvgIpc) is 3.02. The van der Waals surface area contributed by atoms with E-state index in [1.165, 1.54) is 30.3 Å². The van der Waals surface area contributed by atoms with Gasteiger partial charge in [-0.3, -0.25) is 14.4 Å². The maximum Gasteiger partial charge on any atom is 0.307 e. The highest BCUT2D eigenvalue weighted by atomic mass is 19.1. The van der Waals surface area contributed by atoms with E-state index in [2.05, 4.69) is 0 Å². The molecular weight excluding hydrogens is 417 g/mol. The summed E-state index contributed by atoms with van der Waals surface area (Å²) < 4.78 is 26.0. The van der Waals surface area contributed by atoms with E-state index in [9.17, 15) is 18.8 Å². The predicted octanol–water partition coefficient (Wildman–Crippen LogP) is 4.20. The lowest BCUT2D eigenvalue weighted by atomic mass is 9.98. The summed E-state index contributed by atoms with van der Waals surface area (Å²) in [5.74, 6) is -2.38. The second-order valence-electron chi connectivity index (χ2n) is 7.14. The predicted molar refractivity (Wildman–Crippen MR) is 115 cm³/mol. The zero-order valence-electron chi connectivity index (χ0n) is 17.5. The van der Waals surface area contributed by atoms with Crippen LogP contribution in [0.4, 0.5) is 10.1 Å². The number of carboxylic acid groups (broad SMARTS) is 1. The number of carboxylic acids is 1. The number of benzene rings is 3. The van der Waals surface area contributed by atoms with Gasteiger partial charge in [-0.05, 0) is 49.7 Å². The average molecular weight is 437 g/mol. The molecule has 0 saturated heterocycles. The van der Waals surface area contributed by atoms with Gasteiger partial charge in [-0.15, -0.1) is 0 Å². The number of hydrogen-bond acceptors (Lipinski definition) is 5. The van der Waals surface area contributed by atoms with Gasteiger partial charge < -0.3 is 14.6 Å². The van der Waals surface area contributed by atoms with Crippen LogP contribution in [0, 0.1) is 5.82 Å². The molecule has 0 atom stereocenters. The summed E-state index contributed by atoms with van der Waals surface area (Å²) in [5, 5.41) is 9.29. The molecule has 32 heavy (non-hydrogen) atoms. The highest BCUT2D eigenvalue weighted by molar-refractivity contribution is 6.39. The summed E-state index contributed by atoms with van der Waals surface area (Å²) >= 11 is 0. The van der Waals surface area contributed by atoms with Crippen LogP contribution in [-0.2, 0) is 11.2 Å². The van der Waals surface area contributed by atoms with Gasteiger partial charge in [-0.2, -0.15) is 0 Å². The Balaban J connectivity index is 1.92. The van der Waals surface area contributed by atoms with Crippen LogP contribution < -0.4 is 14.4 Å². The van der Waals surface area contributed by atoms with Crippen LogP contribution in [0.25, 0.3) is 10.8 Å². The Bertz CT molecular complexity index is 1250. The standard InChI is InChI=1S/C24H20FNO6/c1-3-31-17-10-9-16(25)15-12-18(32-4-2)21-22(20(15)17)24(30)26(23(21)29)14-7-5-13(6-8-14)11-19(27)28/h5-10,12H,3-4,11H2,1-2H3,(H,27,28). The molecule has 3 aromatic carbocycles. The van der Waals surface area contributed by atoms with Gasteiger partial charge >= 0.3 is 5.97 Å². The summed E-state index contributed by atoms with van der Waals surface area (Å²) in [7, 11) is 0. The molecule has 164 valence electrons. The van der Waals surface area contributed by atoms with Crippen LogP contribution in [0.3, 0.4) is 0 Å². The van der Waals surface area contributed by atoms with Gasteiger partial charge in [0, 0.05) is 10.8 Å². The first-order valence-electron chi connectivity index (χ1n) is 10.1. The number of amides is 2. The number of carbonyl (C=O) groups is 3. The summed E-state index contributed by atoms with van der Waals surface area (Å²) in [6.07, 6.45) is -0.182. The number of aliphatic carboxylic acids is 1. The largest absolute Gasteiger partial charge is 0.493 e. The van der Waals surface area contributed by atoms with Crippen molar-refractivity contribution < 1.29 is 33.4 Å². The van der Waals surface area contributed by atoms with E-state index in [4.69, 9.17) is 14.6 Å². The third kappa shape index (κ3) is 3.43. The number of fused-ring (bicyclic) bond motifs is 3. The molecule has 0 unspecified atom stereocenters. The van der Waals surface area contributed by atoms with Gasteiger partial charge in [0.25, 0.3) is 11.8 Å². The number of imide groups is 1. The van der Waals surface area contributed by atoms with E-state index in [0.29, 0.717) is 17.9 Å². The molecular formula is C24H20FNO6. The fourth-order valence-electron chi connectivity index (χ4n) is 3.88. The third-order valence-electron chi connectivity index (χ3n) is 5.16. The number of anilines is 1. The van der Waals surface area contributed by atoms with Crippen molar-refractivity contribution in [3.63, 3.8) is 0 Å². The molecule has 0 radical (unpaired) electrons. The minimum atomic E-state index is -0.989. The molecule has 0 bridgehead atoms. The molecule has 1 N–H and O–H groups in total. The van der Waals surface area contributed by atoms with Gasteiger partial charge in [0.2, 0.25) is 0 Å². The first kappa shape index (κ1) is 21.3. The van der Waals surface area contributed by atoms with Crippen LogP contribution >= 0.6 is 0 Å². The van der Waals surface area contributed by atoms with Gasteiger partial charge in [-0.25, -0.2) is 9.29 Å². The molecule has 0 spiro atoms. The van der Waals surface area contributed by atoms with Crippen LogP contribution in [0.1, 0.15) is 40.1 Å². The van der Waals surface area contributed by atoms with Gasteiger partial charge in [0.15, 0.2) is 0 Å². The van der Waals surface area contributed by atoms with Crippen molar-refractivity contribution in [1.82, 2.24) is 0 Å². The van der Waals surface area contributed by atoms with Gasteiger partial charge in [-0.1, -0.05) is 12.1 Å². The molecule has 1 heterocycles. The van der Waals surface area contributed by atoms with Crippen molar-refractivity contribution >= 4 is 34.2 Å². The van der Waals surface area contributed by atoms with E-state index < -0.39 is 23.6 Å². The molecule has 2 amide bonds. The molecule has 3 aromatic rings. The number of carbonyl (C=O) groups excluding carboxylic acids is 2. The fourth-order valence-corrected chi connectivity index (χ4v) is 3.88. The Hall–Kier alpha value is -3.94. The van der Waals surface area contributed by atoms with Crippen molar-refractivity contribution in [1.29, 1.82) is 0 Å². The van der Waals surface area contributed by atoms with Crippen LogP contribution in [0.5, 0.6) is 11.5 Å². The molecule has 8 heteroatoms. The number of nitrogens with zero attached hydrogens (tertiary/aromatic N) is 1. The third-order valence-corrected chi connectivity index (χ3v) is 5.16. The molecule has 0 saturated carbocycles. The molecule has 4 rings (SSSR count). The summed E-state index contributed by atoms with van der Waals surface area (Å²) in [6.45, 7) is 4.00. The lowest BCUT2D eigenvalue weighted by Crippen LogP contribution is -2.29. The quantitative estimate of drug-likeness (QED) is 0.557. The Morgan fingerprint density at radius 2 is 1.56 bits per heavy atom. The lowest BCUT2D eigenvalue weighted by molar-refractivity contribution is -0.136. The maximum atomic E-state index is 14.7. The molecule has 7 nitrogen and oxygen atoms in total. The van der Waals surface area contributed by atoms with Gasteiger partial charge in [0.1, 0.15) is 17.3 Å². The van der Waals surface area contributed by atoms with E-state index in [-0.39, 0.29) is 46.4 Å². The fraction of sp³-hybridized carbons (Fsp3) is 0.208. The second kappa shape index (κ2) is 8.30.